The third kappa shape index (κ3) is 7.54. The molecule has 1 fully saturated rings. The number of esters is 4. The maximum atomic E-state index is 12.0. The van der Waals surface area contributed by atoms with E-state index in [9.17, 15) is 19.2 Å². The van der Waals surface area contributed by atoms with E-state index in [4.69, 9.17) is 28.4 Å². The number of aryl methyl sites for hydroxylation is 2. The SMILES string of the molecule is CCc1csc(Cc2c(O[C@@H]3O[C@H](COC(C)=O)[C@@H](OC(C)=O)[C@H](OC(C)=O)[C@H]3OC(C)=O)n[nH]c2C)c1. The Labute approximate surface area is 223 Å². The van der Waals surface area contributed by atoms with Crippen LogP contribution in [-0.4, -0.2) is 71.4 Å². The molecule has 13 heteroatoms. The van der Waals surface area contributed by atoms with Crippen LogP contribution in [0.3, 0.4) is 0 Å². The van der Waals surface area contributed by atoms with E-state index in [0.29, 0.717) is 6.42 Å². The lowest BCUT2D eigenvalue weighted by Crippen LogP contribution is -2.63. The van der Waals surface area contributed by atoms with Crippen LogP contribution in [0.2, 0.25) is 0 Å². The molecule has 1 aliphatic rings. The number of ether oxygens (including phenoxy) is 6. The molecule has 38 heavy (non-hydrogen) atoms. The zero-order valence-electron chi connectivity index (χ0n) is 22.1. The number of hydrogen-bond acceptors (Lipinski definition) is 12. The van der Waals surface area contributed by atoms with Crippen LogP contribution in [0.5, 0.6) is 5.88 Å². The summed E-state index contributed by atoms with van der Waals surface area (Å²) in [6, 6.07) is 2.11. The minimum absolute atomic E-state index is 0.190. The van der Waals surface area contributed by atoms with E-state index in [1.807, 2.05) is 6.92 Å². The maximum absolute atomic E-state index is 12.0. The Morgan fingerprint density at radius 2 is 1.61 bits per heavy atom. The molecule has 0 aromatic carbocycles. The van der Waals surface area contributed by atoms with E-state index >= 15 is 0 Å². The van der Waals surface area contributed by atoms with Crippen LogP contribution in [0.15, 0.2) is 11.4 Å². The van der Waals surface area contributed by atoms with E-state index in [-0.39, 0.29) is 12.5 Å². The average molecular weight is 553 g/mol. The van der Waals surface area contributed by atoms with Crippen molar-refractivity contribution in [3.05, 3.63) is 33.1 Å². The number of nitrogens with one attached hydrogen (secondary N) is 1. The van der Waals surface area contributed by atoms with Gasteiger partial charge in [-0.15, -0.1) is 16.4 Å². The fraction of sp³-hybridized carbons (Fsp3) is 0.560. The van der Waals surface area contributed by atoms with Gasteiger partial charge < -0.3 is 28.4 Å². The van der Waals surface area contributed by atoms with Crippen molar-refractivity contribution >= 4 is 35.2 Å². The molecule has 0 spiro atoms. The summed E-state index contributed by atoms with van der Waals surface area (Å²) in [5, 5.41) is 9.24. The summed E-state index contributed by atoms with van der Waals surface area (Å²) in [6.07, 6.45) is -4.97. The monoisotopic (exact) mass is 552 g/mol. The largest absolute Gasteiger partial charge is 0.463 e. The van der Waals surface area contributed by atoms with Gasteiger partial charge in [-0.05, 0) is 30.4 Å². The van der Waals surface area contributed by atoms with Gasteiger partial charge in [0.05, 0.1) is 0 Å². The zero-order valence-corrected chi connectivity index (χ0v) is 22.9. The second kappa shape index (κ2) is 12.9. The first-order valence-electron chi connectivity index (χ1n) is 12.1. The molecule has 208 valence electrons. The molecular formula is C25H32N2O10S. The quantitative estimate of drug-likeness (QED) is 0.341. The number of carbonyl (C=O) groups excluding carboxylic acids is 4. The smallest absolute Gasteiger partial charge is 0.303 e. The van der Waals surface area contributed by atoms with Crippen molar-refractivity contribution in [2.24, 2.45) is 0 Å². The van der Waals surface area contributed by atoms with Gasteiger partial charge in [-0.2, -0.15) is 0 Å². The van der Waals surface area contributed by atoms with Crippen LogP contribution in [0.4, 0.5) is 0 Å². The first kappa shape index (κ1) is 29.1. The van der Waals surface area contributed by atoms with Gasteiger partial charge >= 0.3 is 23.9 Å². The first-order chi connectivity index (χ1) is 18.0. The first-order valence-corrected chi connectivity index (χ1v) is 12.9. The van der Waals surface area contributed by atoms with E-state index in [1.165, 1.54) is 19.4 Å². The maximum Gasteiger partial charge on any atom is 0.303 e. The highest BCUT2D eigenvalue weighted by atomic mass is 32.1. The molecule has 3 heterocycles. The molecule has 1 saturated heterocycles. The van der Waals surface area contributed by atoms with Crippen LogP contribution in [0.25, 0.3) is 0 Å². The third-order valence-electron chi connectivity index (χ3n) is 5.68. The van der Waals surface area contributed by atoms with Gasteiger partial charge in [0.15, 0.2) is 12.2 Å². The van der Waals surface area contributed by atoms with E-state index in [2.05, 4.69) is 28.6 Å². The highest BCUT2D eigenvalue weighted by Gasteiger charge is 2.53. The topological polar surface area (TPSA) is 152 Å². The molecule has 2 aromatic rings. The summed E-state index contributed by atoms with van der Waals surface area (Å²) >= 11 is 1.62. The Kier molecular flexibility index (Phi) is 9.86. The lowest BCUT2D eigenvalue weighted by atomic mass is 9.98. The van der Waals surface area contributed by atoms with Gasteiger partial charge in [-0.3, -0.25) is 24.3 Å². The second-order valence-corrected chi connectivity index (χ2v) is 9.77. The van der Waals surface area contributed by atoms with Crippen molar-refractivity contribution in [3.63, 3.8) is 0 Å². The molecule has 0 unspecified atom stereocenters. The van der Waals surface area contributed by atoms with Crippen molar-refractivity contribution in [2.75, 3.05) is 6.61 Å². The summed E-state index contributed by atoms with van der Waals surface area (Å²) in [5.41, 5.74) is 2.73. The highest BCUT2D eigenvalue weighted by Crippen LogP contribution is 2.33. The Morgan fingerprint density at radius 1 is 0.974 bits per heavy atom. The molecule has 5 atom stereocenters. The average Bonchev–Trinajstić information content (AvgIpc) is 3.42. The number of carbonyl (C=O) groups is 4. The predicted molar refractivity (Wildman–Crippen MR) is 132 cm³/mol. The van der Waals surface area contributed by atoms with Crippen LogP contribution in [-0.2, 0) is 55.7 Å². The van der Waals surface area contributed by atoms with E-state index in [1.54, 1.807) is 11.3 Å². The predicted octanol–water partition coefficient (Wildman–Crippen LogP) is 2.39. The summed E-state index contributed by atoms with van der Waals surface area (Å²) in [7, 11) is 0. The lowest BCUT2D eigenvalue weighted by Gasteiger charge is -2.43. The van der Waals surface area contributed by atoms with Gasteiger partial charge in [0, 0.05) is 50.3 Å². The minimum Gasteiger partial charge on any atom is -0.463 e. The van der Waals surface area contributed by atoms with Crippen LogP contribution < -0.4 is 4.74 Å². The number of rotatable bonds is 10. The van der Waals surface area contributed by atoms with Crippen LogP contribution in [0, 0.1) is 6.92 Å². The summed E-state index contributed by atoms with van der Waals surface area (Å²) in [6.45, 7) is 8.26. The van der Waals surface area contributed by atoms with Crippen molar-refractivity contribution < 1.29 is 47.6 Å². The van der Waals surface area contributed by atoms with Crippen molar-refractivity contribution in [3.8, 4) is 5.88 Å². The normalized spacial score (nSPS) is 22.8. The van der Waals surface area contributed by atoms with Crippen molar-refractivity contribution in [1.82, 2.24) is 10.2 Å². The second-order valence-electron chi connectivity index (χ2n) is 8.77. The number of aromatic amines is 1. The Balaban J connectivity index is 1.98. The molecule has 0 bridgehead atoms. The molecule has 0 amide bonds. The van der Waals surface area contributed by atoms with Crippen molar-refractivity contribution in [1.29, 1.82) is 0 Å². The van der Waals surface area contributed by atoms with Gasteiger partial charge in [-0.1, -0.05) is 6.92 Å². The lowest BCUT2D eigenvalue weighted by molar-refractivity contribution is -0.289. The molecule has 3 rings (SSSR count). The molecule has 0 radical (unpaired) electrons. The number of nitrogens with zero attached hydrogens (tertiary/aromatic N) is 1. The Morgan fingerprint density at radius 3 is 2.18 bits per heavy atom. The molecule has 0 saturated carbocycles. The standard InChI is InChI=1S/C25H32N2O10S/c1-7-17-8-18(38-11-17)9-19-12(2)26-27-24(19)37-25-23(35-16(6)31)22(34-15(5)30)21(33-14(4)29)20(36-25)10-32-13(3)28/h8,11,20-23,25H,7,9-10H2,1-6H3,(H,26,27)/t20-,21-,22+,23-,25+/m1/s1. The Bertz CT molecular complexity index is 1160. The molecular weight excluding hydrogens is 520 g/mol. The number of hydrogen-bond donors (Lipinski definition) is 1. The minimum atomic E-state index is -1.35. The molecule has 1 N–H and O–H groups in total. The van der Waals surface area contributed by atoms with Crippen LogP contribution in [0.1, 0.15) is 56.3 Å². The molecule has 2 aromatic heterocycles. The third-order valence-corrected chi connectivity index (χ3v) is 6.66. The Hall–Kier alpha value is -3.45. The summed E-state index contributed by atoms with van der Waals surface area (Å²) < 4.78 is 33.5. The zero-order chi connectivity index (χ0) is 28.0. The van der Waals surface area contributed by atoms with Crippen LogP contribution >= 0.6 is 11.3 Å². The number of H-pyrrole nitrogens is 1. The van der Waals surface area contributed by atoms with Crippen molar-refractivity contribution in [2.45, 2.75) is 85.1 Å². The van der Waals surface area contributed by atoms with E-state index < -0.39 is 54.6 Å². The van der Waals surface area contributed by atoms with E-state index in [0.717, 1.165) is 36.4 Å². The number of aromatic nitrogens is 2. The fourth-order valence-electron chi connectivity index (χ4n) is 4.01. The molecule has 0 aliphatic carbocycles. The van der Waals surface area contributed by atoms with Gasteiger partial charge in [0.25, 0.3) is 0 Å². The number of thiophene rings is 1. The molecule has 12 nitrogen and oxygen atoms in total. The summed E-state index contributed by atoms with van der Waals surface area (Å²) in [5.74, 6) is -2.57. The van der Waals surface area contributed by atoms with Gasteiger partial charge in [-0.25, -0.2) is 0 Å². The van der Waals surface area contributed by atoms with Gasteiger partial charge in [0.1, 0.15) is 12.7 Å². The summed E-state index contributed by atoms with van der Waals surface area (Å²) in [4.78, 5) is 48.6. The molecule has 1 aliphatic heterocycles. The van der Waals surface area contributed by atoms with Gasteiger partial charge in [0.2, 0.25) is 18.3 Å². The fourth-order valence-corrected chi connectivity index (χ4v) is 4.99. The highest BCUT2D eigenvalue weighted by molar-refractivity contribution is 7.10.